The van der Waals surface area contributed by atoms with Crippen LogP contribution in [0, 0.1) is 5.92 Å². The zero-order valence-corrected chi connectivity index (χ0v) is 12.6. The SMILES string of the molecule is CCCC1CCC(O)CC1N(C)CCS(C)(=O)=O. The molecule has 108 valence electrons. The van der Waals surface area contributed by atoms with E-state index in [-0.39, 0.29) is 11.9 Å². The van der Waals surface area contributed by atoms with Crippen molar-refractivity contribution in [2.75, 3.05) is 25.6 Å². The Morgan fingerprint density at radius 2 is 2.00 bits per heavy atom. The Balaban J connectivity index is 2.57. The smallest absolute Gasteiger partial charge is 0.148 e. The fourth-order valence-electron chi connectivity index (χ4n) is 2.91. The van der Waals surface area contributed by atoms with Crippen LogP contribution in [0.25, 0.3) is 0 Å². The molecule has 0 aromatic heterocycles. The molecule has 0 spiro atoms. The van der Waals surface area contributed by atoms with Crippen LogP contribution in [0.4, 0.5) is 0 Å². The summed E-state index contributed by atoms with van der Waals surface area (Å²) in [5.41, 5.74) is 0. The van der Waals surface area contributed by atoms with Gasteiger partial charge in [-0.2, -0.15) is 0 Å². The molecule has 0 aliphatic heterocycles. The number of aliphatic hydroxyl groups is 1. The fourth-order valence-corrected chi connectivity index (χ4v) is 3.53. The summed E-state index contributed by atoms with van der Waals surface area (Å²) in [6, 6.07) is 0.329. The van der Waals surface area contributed by atoms with E-state index in [2.05, 4.69) is 11.8 Å². The molecule has 18 heavy (non-hydrogen) atoms. The topological polar surface area (TPSA) is 57.6 Å². The quantitative estimate of drug-likeness (QED) is 0.795. The molecule has 5 heteroatoms. The molecule has 1 N–H and O–H groups in total. The van der Waals surface area contributed by atoms with Crippen molar-refractivity contribution in [2.45, 2.75) is 51.2 Å². The second kappa shape index (κ2) is 6.87. The lowest BCUT2D eigenvalue weighted by Gasteiger charge is -2.40. The first-order chi connectivity index (χ1) is 8.33. The average Bonchev–Trinajstić information content (AvgIpc) is 2.27. The minimum Gasteiger partial charge on any atom is -0.393 e. The molecule has 0 aromatic rings. The van der Waals surface area contributed by atoms with Gasteiger partial charge in [0.05, 0.1) is 11.9 Å². The Labute approximate surface area is 111 Å². The highest BCUT2D eigenvalue weighted by atomic mass is 32.2. The summed E-state index contributed by atoms with van der Waals surface area (Å²) >= 11 is 0. The molecule has 1 rings (SSSR count). The average molecular weight is 277 g/mol. The molecule has 4 nitrogen and oxygen atoms in total. The minimum atomic E-state index is -2.91. The molecule has 1 aliphatic carbocycles. The third-order valence-electron chi connectivity index (χ3n) is 3.97. The molecular formula is C13H27NO3S. The predicted octanol–water partition coefficient (Wildman–Crippen LogP) is 1.29. The number of aliphatic hydroxyl groups excluding tert-OH is 1. The van der Waals surface area contributed by atoms with Crippen LogP contribution in [-0.4, -0.2) is 56.2 Å². The number of rotatable bonds is 6. The fraction of sp³-hybridized carbons (Fsp3) is 1.00. The van der Waals surface area contributed by atoms with Crippen LogP contribution in [0.3, 0.4) is 0 Å². The molecule has 0 radical (unpaired) electrons. The Morgan fingerprint density at radius 3 is 2.56 bits per heavy atom. The molecule has 0 heterocycles. The van der Waals surface area contributed by atoms with Gasteiger partial charge >= 0.3 is 0 Å². The highest BCUT2D eigenvalue weighted by Crippen LogP contribution is 2.31. The van der Waals surface area contributed by atoms with Gasteiger partial charge in [0.1, 0.15) is 9.84 Å². The van der Waals surface area contributed by atoms with Crippen molar-refractivity contribution in [3.8, 4) is 0 Å². The number of hydrogen-bond donors (Lipinski definition) is 1. The Bertz CT molecular complexity index is 342. The van der Waals surface area contributed by atoms with E-state index in [1.165, 1.54) is 12.7 Å². The van der Waals surface area contributed by atoms with Crippen LogP contribution in [0.2, 0.25) is 0 Å². The summed E-state index contributed by atoms with van der Waals surface area (Å²) in [5, 5.41) is 9.80. The predicted molar refractivity (Wildman–Crippen MR) is 74.4 cm³/mol. The van der Waals surface area contributed by atoms with Gasteiger partial charge in [0.2, 0.25) is 0 Å². The standard InChI is InChI=1S/C13H27NO3S/c1-4-5-11-6-7-12(15)10-13(11)14(2)8-9-18(3,16)17/h11-13,15H,4-10H2,1-3H3. The van der Waals surface area contributed by atoms with Crippen molar-refractivity contribution in [2.24, 2.45) is 5.92 Å². The van der Waals surface area contributed by atoms with E-state index in [4.69, 9.17) is 0 Å². The van der Waals surface area contributed by atoms with E-state index in [0.29, 0.717) is 18.5 Å². The summed E-state index contributed by atoms with van der Waals surface area (Å²) in [4.78, 5) is 2.13. The zero-order chi connectivity index (χ0) is 13.8. The first kappa shape index (κ1) is 15.9. The number of hydrogen-bond acceptors (Lipinski definition) is 4. The largest absolute Gasteiger partial charge is 0.393 e. The molecule has 1 fully saturated rings. The maximum absolute atomic E-state index is 11.2. The van der Waals surface area contributed by atoms with Crippen molar-refractivity contribution >= 4 is 9.84 Å². The lowest BCUT2D eigenvalue weighted by atomic mass is 9.80. The molecule has 3 unspecified atom stereocenters. The monoisotopic (exact) mass is 277 g/mol. The summed E-state index contributed by atoms with van der Waals surface area (Å²) in [5.74, 6) is 0.803. The first-order valence-electron chi connectivity index (χ1n) is 6.89. The molecule has 0 aromatic carbocycles. The molecule has 3 atom stereocenters. The Hall–Kier alpha value is -0.130. The van der Waals surface area contributed by atoms with Gasteiger partial charge < -0.3 is 10.0 Å². The van der Waals surface area contributed by atoms with E-state index >= 15 is 0 Å². The number of nitrogens with zero attached hydrogens (tertiary/aromatic N) is 1. The van der Waals surface area contributed by atoms with Crippen molar-refractivity contribution in [3.05, 3.63) is 0 Å². The van der Waals surface area contributed by atoms with Crippen molar-refractivity contribution in [1.82, 2.24) is 4.90 Å². The van der Waals surface area contributed by atoms with Crippen molar-refractivity contribution < 1.29 is 13.5 Å². The molecule has 1 aliphatic rings. The molecule has 0 saturated heterocycles. The summed E-state index contributed by atoms with van der Waals surface area (Å²) in [7, 11) is -0.923. The van der Waals surface area contributed by atoms with Crippen LogP contribution in [0.5, 0.6) is 0 Å². The van der Waals surface area contributed by atoms with Gasteiger partial charge in [-0.1, -0.05) is 13.3 Å². The van der Waals surface area contributed by atoms with Crippen molar-refractivity contribution in [1.29, 1.82) is 0 Å². The highest BCUT2D eigenvalue weighted by Gasteiger charge is 2.31. The molecule has 0 amide bonds. The number of sulfone groups is 1. The summed E-state index contributed by atoms with van der Waals surface area (Å²) in [6.45, 7) is 2.75. The maximum Gasteiger partial charge on any atom is 0.148 e. The molecule has 0 bridgehead atoms. The van der Waals surface area contributed by atoms with E-state index < -0.39 is 9.84 Å². The van der Waals surface area contributed by atoms with Gasteiger partial charge in [-0.3, -0.25) is 0 Å². The van der Waals surface area contributed by atoms with Crippen LogP contribution in [0.15, 0.2) is 0 Å². The van der Waals surface area contributed by atoms with Gasteiger partial charge in [0, 0.05) is 18.8 Å². The van der Waals surface area contributed by atoms with Crippen LogP contribution >= 0.6 is 0 Å². The zero-order valence-electron chi connectivity index (χ0n) is 11.8. The first-order valence-corrected chi connectivity index (χ1v) is 8.95. The van der Waals surface area contributed by atoms with E-state index in [0.717, 1.165) is 25.7 Å². The maximum atomic E-state index is 11.2. The van der Waals surface area contributed by atoms with Crippen LogP contribution in [0.1, 0.15) is 39.0 Å². The van der Waals surface area contributed by atoms with E-state index in [1.807, 2.05) is 7.05 Å². The lowest BCUT2D eigenvalue weighted by Crippen LogP contribution is -2.45. The van der Waals surface area contributed by atoms with Gasteiger partial charge in [0.15, 0.2) is 0 Å². The molecular weight excluding hydrogens is 250 g/mol. The summed E-state index contributed by atoms with van der Waals surface area (Å²) in [6.07, 6.45) is 6.11. The van der Waals surface area contributed by atoms with Crippen LogP contribution in [-0.2, 0) is 9.84 Å². The van der Waals surface area contributed by atoms with E-state index in [9.17, 15) is 13.5 Å². The highest BCUT2D eigenvalue weighted by molar-refractivity contribution is 7.90. The van der Waals surface area contributed by atoms with Crippen LogP contribution < -0.4 is 0 Å². The van der Waals surface area contributed by atoms with Gasteiger partial charge in [-0.15, -0.1) is 0 Å². The minimum absolute atomic E-state index is 0.203. The second-order valence-corrected chi connectivity index (χ2v) is 7.95. The summed E-state index contributed by atoms with van der Waals surface area (Å²) < 4.78 is 22.4. The van der Waals surface area contributed by atoms with Crippen molar-refractivity contribution in [3.63, 3.8) is 0 Å². The third kappa shape index (κ3) is 5.24. The van der Waals surface area contributed by atoms with Gasteiger partial charge in [-0.05, 0) is 38.6 Å². The Morgan fingerprint density at radius 1 is 1.33 bits per heavy atom. The normalized spacial score (nSPS) is 29.7. The van der Waals surface area contributed by atoms with Gasteiger partial charge in [0.25, 0.3) is 0 Å². The molecule has 1 saturated carbocycles. The lowest BCUT2D eigenvalue weighted by molar-refractivity contribution is 0.0370. The second-order valence-electron chi connectivity index (χ2n) is 5.69. The Kier molecular flexibility index (Phi) is 6.08. The third-order valence-corrected chi connectivity index (χ3v) is 4.89. The van der Waals surface area contributed by atoms with Gasteiger partial charge in [-0.25, -0.2) is 8.42 Å². The van der Waals surface area contributed by atoms with E-state index in [1.54, 1.807) is 0 Å².